The lowest BCUT2D eigenvalue weighted by Gasteiger charge is -2.25. The van der Waals surface area contributed by atoms with Crippen molar-refractivity contribution in [1.82, 2.24) is 4.98 Å². The molecule has 3 nitrogen and oxygen atoms in total. The van der Waals surface area contributed by atoms with Crippen LogP contribution in [0.15, 0.2) is 23.3 Å². The number of aliphatic imine (C=N–C) groups is 1. The zero-order valence-corrected chi connectivity index (χ0v) is 7.25. The lowest BCUT2D eigenvalue weighted by molar-refractivity contribution is 0.682. The summed E-state index contributed by atoms with van der Waals surface area (Å²) in [6, 6.07) is 2.05. The van der Waals surface area contributed by atoms with Gasteiger partial charge in [-0.25, -0.2) is 0 Å². The fraction of sp³-hybridized carbons (Fsp3) is 0.300. The summed E-state index contributed by atoms with van der Waals surface area (Å²) in [5, 5.41) is 0. The van der Waals surface area contributed by atoms with Crippen LogP contribution in [0.5, 0.6) is 0 Å². The summed E-state index contributed by atoms with van der Waals surface area (Å²) in [7, 11) is 0. The number of hydrogen-bond donors (Lipinski definition) is 2. The van der Waals surface area contributed by atoms with Gasteiger partial charge in [0, 0.05) is 24.0 Å². The second kappa shape index (κ2) is 2.12. The Morgan fingerprint density at radius 1 is 1.54 bits per heavy atom. The Morgan fingerprint density at radius 3 is 3.38 bits per heavy atom. The number of hydrogen-bond acceptors (Lipinski definition) is 2. The molecule has 66 valence electrons. The third kappa shape index (κ3) is 0.795. The van der Waals surface area contributed by atoms with Crippen LogP contribution in [0.1, 0.15) is 17.7 Å². The quantitative estimate of drug-likeness (QED) is 0.602. The lowest BCUT2D eigenvalue weighted by atomic mass is 9.84. The molecule has 0 aromatic carbocycles. The smallest absolute Gasteiger partial charge is 0.0793 e. The summed E-state index contributed by atoms with van der Waals surface area (Å²) in [5.74, 6) is 0. The minimum atomic E-state index is -0.296. The number of nitrogens with two attached hydrogens (primary N) is 1. The van der Waals surface area contributed by atoms with E-state index in [9.17, 15) is 0 Å². The predicted molar refractivity (Wildman–Crippen MR) is 52.8 cm³/mol. The molecule has 1 atom stereocenters. The molecule has 0 amide bonds. The third-order valence-corrected chi connectivity index (χ3v) is 2.82. The molecule has 0 spiro atoms. The molecule has 13 heavy (non-hydrogen) atoms. The Bertz CT molecular complexity index is 414. The zero-order valence-electron chi connectivity index (χ0n) is 7.25. The predicted octanol–water partition coefficient (Wildman–Crippen LogP) is 0.932. The number of aromatic nitrogens is 1. The number of nitrogens with zero attached hydrogens (tertiary/aromatic N) is 1. The van der Waals surface area contributed by atoms with Crippen molar-refractivity contribution in [3.8, 4) is 0 Å². The lowest BCUT2D eigenvalue weighted by Crippen LogP contribution is -2.45. The van der Waals surface area contributed by atoms with E-state index in [4.69, 9.17) is 5.73 Å². The van der Waals surface area contributed by atoms with Crippen molar-refractivity contribution in [1.29, 1.82) is 0 Å². The van der Waals surface area contributed by atoms with E-state index in [-0.39, 0.29) is 5.54 Å². The minimum absolute atomic E-state index is 0.296. The number of aromatic amines is 1. The van der Waals surface area contributed by atoms with Crippen molar-refractivity contribution in [2.24, 2.45) is 10.7 Å². The Labute approximate surface area is 76.4 Å². The molecule has 3 rings (SSSR count). The fourth-order valence-electron chi connectivity index (χ4n) is 2.08. The van der Waals surface area contributed by atoms with E-state index in [0.717, 1.165) is 24.4 Å². The minimum Gasteiger partial charge on any atom is -0.361 e. The molecule has 2 heterocycles. The molecular formula is C10H11N3. The highest BCUT2D eigenvalue weighted by Crippen LogP contribution is 2.30. The van der Waals surface area contributed by atoms with Gasteiger partial charge in [-0.3, -0.25) is 4.99 Å². The summed E-state index contributed by atoms with van der Waals surface area (Å²) < 4.78 is 0. The van der Waals surface area contributed by atoms with Gasteiger partial charge in [-0.1, -0.05) is 6.08 Å². The van der Waals surface area contributed by atoms with Crippen molar-refractivity contribution in [2.75, 3.05) is 6.54 Å². The van der Waals surface area contributed by atoms with Crippen molar-refractivity contribution >= 4 is 11.8 Å². The summed E-state index contributed by atoms with van der Waals surface area (Å²) in [4.78, 5) is 7.63. The van der Waals surface area contributed by atoms with Crippen LogP contribution in [0.4, 0.5) is 0 Å². The van der Waals surface area contributed by atoms with Gasteiger partial charge in [0.15, 0.2) is 0 Å². The molecule has 3 heteroatoms. The molecule has 0 fully saturated rings. The van der Waals surface area contributed by atoms with Crippen LogP contribution in [0, 0.1) is 0 Å². The Hall–Kier alpha value is -1.35. The normalized spacial score (nSPS) is 29.8. The van der Waals surface area contributed by atoms with Crippen molar-refractivity contribution in [3.63, 3.8) is 0 Å². The molecule has 1 aliphatic heterocycles. The Morgan fingerprint density at radius 2 is 2.46 bits per heavy atom. The average Bonchev–Trinajstić information content (AvgIpc) is 2.66. The topological polar surface area (TPSA) is 54.2 Å². The maximum Gasteiger partial charge on any atom is 0.0793 e. The largest absolute Gasteiger partial charge is 0.361 e. The fourth-order valence-corrected chi connectivity index (χ4v) is 2.08. The Kier molecular flexibility index (Phi) is 1.15. The van der Waals surface area contributed by atoms with Gasteiger partial charge in [-0.2, -0.15) is 0 Å². The van der Waals surface area contributed by atoms with E-state index in [2.05, 4.69) is 22.1 Å². The second-order valence-electron chi connectivity index (χ2n) is 3.66. The highest BCUT2D eigenvalue weighted by Gasteiger charge is 2.36. The summed E-state index contributed by atoms with van der Waals surface area (Å²) in [6.07, 6.45) is 6.97. The maximum absolute atomic E-state index is 6.21. The summed E-state index contributed by atoms with van der Waals surface area (Å²) >= 11 is 0. The molecule has 3 N–H and O–H groups in total. The van der Waals surface area contributed by atoms with Crippen molar-refractivity contribution in [3.05, 3.63) is 29.6 Å². The monoisotopic (exact) mass is 173 g/mol. The third-order valence-electron chi connectivity index (χ3n) is 2.82. The first-order valence-electron chi connectivity index (χ1n) is 4.50. The van der Waals surface area contributed by atoms with E-state index in [1.165, 1.54) is 5.56 Å². The zero-order chi connectivity index (χ0) is 8.89. The number of nitrogens with one attached hydrogen (secondary N) is 1. The number of H-pyrrole nitrogens is 1. The highest BCUT2D eigenvalue weighted by molar-refractivity contribution is 6.13. The van der Waals surface area contributed by atoms with E-state index < -0.39 is 0 Å². The first kappa shape index (κ1) is 7.09. The number of fused-ring (bicyclic) bond motifs is 3. The van der Waals surface area contributed by atoms with Crippen LogP contribution in [0.2, 0.25) is 0 Å². The number of rotatable bonds is 0. The average molecular weight is 173 g/mol. The van der Waals surface area contributed by atoms with Gasteiger partial charge >= 0.3 is 0 Å². The summed E-state index contributed by atoms with van der Waals surface area (Å²) in [5.41, 5.74) is 9.25. The Balaban J connectivity index is 2.26. The van der Waals surface area contributed by atoms with Gasteiger partial charge in [-0.15, -0.1) is 0 Å². The molecule has 2 aliphatic rings. The SMILES string of the molecule is NC12C=Cc3[nH]ccc3C1=NCC2. The molecule has 1 aromatic rings. The molecule has 0 saturated carbocycles. The van der Waals surface area contributed by atoms with Crippen LogP contribution in [0.3, 0.4) is 0 Å². The van der Waals surface area contributed by atoms with Crippen LogP contribution < -0.4 is 5.73 Å². The van der Waals surface area contributed by atoms with Crippen LogP contribution in [-0.2, 0) is 0 Å². The summed E-state index contributed by atoms with van der Waals surface area (Å²) in [6.45, 7) is 0.848. The first-order valence-corrected chi connectivity index (χ1v) is 4.50. The van der Waals surface area contributed by atoms with Gasteiger partial charge in [0.1, 0.15) is 0 Å². The van der Waals surface area contributed by atoms with Crippen LogP contribution in [-0.4, -0.2) is 22.8 Å². The standard InChI is InChI=1S/C10H11N3/c11-10-3-1-8-7(2-5-12-8)9(10)13-6-4-10/h1-3,5,12H,4,6,11H2. The molecule has 0 radical (unpaired) electrons. The first-order chi connectivity index (χ1) is 6.30. The van der Waals surface area contributed by atoms with Gasteiger partial charge in [0.25, 0.3) is 0 Å². The molecule has 0 bridgehead atoms. The van der Waals surface area contributed by atoms with Gasteiger partial charge in [0.05, 0.1) is 11.3 Å². The van der Waals surface area contributed by atoms with Crippen LogP contribution >= 0.6 is 0 Å². The molecule has 1 aliphatic carbocycles. The van der Waals surface area contributed by atoms with E-state index in [0.29, 0.717) is 0 Å². The molecule has 0 saturated heterocycles. The van der Waals surface area contributed by atoms with Gasteiger partial charge in [-0.05, 0) is 18.6 Å². The van der Waals surface area contributed by atoms with E-state index in [1.54, 1.807) is 0 Å². The molecule has 1 unspecified atom stereocenters. The van der Waals surface area contributed by atoms with Gasteiger partial charge < -0.3 is 10.7 Å². The van der Waals surface area contributed by atoms with Crippen molar-refractivity contribution in [2.45, 2.75) is 12.0 Å². The van der Waals surface area contributed by atoms with E-state index >= 15 is 0 Å². The molecular weight excluding hydrogens is 162 g/mol. The van der Waals surface area contributed by atoms with E-state index in [1.807, 2.05) is 12.3 Å². The van der Waals surface area contributed by atoms with Crippen molar-refractivity contribution < 1.29 is 0 Å². The van der Waals surface area contributed by atoms with Gasteiger partial charge in [0.2, 0.25) is 0 Å². The highest BCUT2D eigenvalue weighted by atomic mass is 14.9. The second-order valence-corrected chi connectivity index (χ2v) is 3.66. The molecule has 1 aromatic heterocycles. The maximum atomic E-state index is 6.21. The van der Waals surface area contributed by atoms with Crippen LogP contribution in [0.25, 0.3) is 6.08 Å².